The Morgan fingerprint density at radius 3 is 3.05 bits per heavy atom. The molecule has 0 saturated carbocycles. The van der Waals surface area contributed by atoms with Crippen molar-refractivity contribution in [2.24, 2.45) is 11.8 Å². The molecule has 1 saturated heterocycles. The predicted molar refractivity (Wildman–Crippen MR) is 81.8 cm³/mol. The summed E-state index contributed by atoms with van der Waals surface area (Å²) in [6.45, 7) is 4.49. The van der Waals surface area contributed by atoms with E-state index in [1.807, 2.05) is 12.1 Å². The Hall–Kier alpha value is -1.81. The topological polar surface area (TPSA) is 65.1 Å². The summed E-state index contributed by atoms with van der Waals surface area (Å²) in [5, 5.41) is 13.8. The first-order valence-electron chi connectivity index (χ1n) is 7.73. The monoisotopic (exact) mass is 284 g/mol. The lowest BCUT2D eigenvalue weighted by atomic mass is 9.68. The molecule has 0 amide bonds. The number of aromatic carboxylic acids is 1. The number of rotatable bonds is 1. The third kappa shape index (κ3) is 1.89. The Morgan fingerprint density at radius 1 is 1.38 bits per heavy atom. The van der Waals surface area contributed by atoms with Crippen LogP contribution in [0.4, 0.5) is 0 Å². The van der Waals surface area contributed by atoms with Crippen molar-refractivity contribution < 1.29 is 9.90 Å². The number of H-pyrrole nitrogens is 1. The summed E-state index contributed by atoms with van der Waals surface area (Å²) in [5.41, 5.74) is 4.12. The fourth-order valence-corrected chi connectivity index (χ4v) is 4.33. The second-order valence-electron chi connectivity index (χ2n) is 6.49. The van der Waals surface area contributed by atoms with E-state index < -0.39 is 5.97 Å². The zero-order chi connectivity index (χ0) is 14.6. The maximum Gasteiger partial charge on any atom is 0.335 e. The van der Waals surface area contributed by atoms with Gasteiger partial charge in [-0.2, -0.15) is 0 Å². The summed E-state index contributed by atoms with van der Waals surface area (Å²) < 4.78 is 0. The predicted octanol–water partition coefficient (Wildman–Crippen LogP) is 2.75. The van der Waals surface area contributed by atoms with Crippen molar-refractivity contribution in [1.29, 1.82) is 0 Å². The Morgan fingerprint density at radius 2 is 2.24 bits per heavy atom. The fourth-order valence-electron chi connectivity index (χ4n) is 4.33. The number of carboxylic acid groups (broad SMARTS) is 1. The number of hydrogen-bond acceptors (Lipinski definition) is 2. The van der Waals surface area contributed by atoms with Crippen LogP contribution >= 0.6 is 0 Å². The molecule has 2 heterocycles. The van der Waals surface area contributed by atoms with Crippen LogP contribution in [-0.4, -0.2) is 29.1 Å². The van der Waals surface area contributed by atoms with Crippen LogP contribution in [0, 0.1) is 11.8 Å². The van der Waals surface area contributed by atoms with Gasteiger partial charge in [-0.05, 0) is 67.4 Å². The standard InChI is InChI=1S/C17H20N2O2/c1-9-13-8-18-5-4-10(13)7-15-16(9)12-6-11(17(20)21)2-3-14(12)19-15/h2-3,6,9-10,13,18-19H,4-5,7-8H2,1H3,(H,20,21)/t9-,10-,13-/m1/s1. The Labute approximate surface area is 123 Å². The molecule has 3 atom stereocenters. The van der Waals surface area contributed by atoms with Crippen molar-refractivity contribution in [3.63, 3.8) is 0 Å². The second kappa shape index (κ2) is 4.60. The van der Waals surface area contributed by atoms with Gasteiger partial charge in [0.05, 0.1) is 5.56 Å². The van der Waals surface area contributed by atoms with Crippen molar-refractivity contribution in [2.75, 3.05) is 13.1 Å². The van der Waals surface area contributed by atoms with E-state index in [4.69, 9.17) is 0 Å². The van der Waals surface area contributed by atoms with E-state index in [-0.39, 0.29) is 0 Å². The van der Waals surface area contributed by atoms with Gasteiger partial charge in [0.2, 0.25) is 0 Å². The maximum atomic E-state index is 11.2. The number of piperidine rings is 1. The van der Waals surface area contributed by atoms with E-state index in [1.165, 1.54) is 17.7 Å². The zero-order valence-corrected chi connectivity index (χ0v) is 12.1. The highest BCUT2D eigenvalue weighted by Crippen LogP contribution is 2.44. The minimum Gasteiger partial charge on any atom is -0.478 e. The van der Waals surface area contributed by atoms with Crippen LogP contribution in [-0.2, 0) is 6.42 Å². The number of fused-ring (bicyclic) bond motifs is 4. The van der Waals surface area contributed by atoms with Crippen LogP contribution in [0.3, 0.4) is 0 Å². The molecule has 110 valence electrons. The van der Waals surface area contributed by atoms with Gasteiger partial charge in [0, 0.05) is 16.6 Å². The number of aromatic nitrogens is 1. The molecular formula is C17H20N2O2. The molecule has 4 heteroatoms. The Kier molecular flexibility index (Phi) is 2.82. The van der Waals surface area contributed by atoms with E-state index in [0.29, 0.717) is 17.4 Å². The van der Waals surface area contributed by atoms with Gasteiger partial charge in [0.25, 0.3) is 0 Å². The molecule has 1 fully saturated rings. The quantitative estimate of drug-likeness (QED) is 0.754. The minimum atomic E-state index is -0.854. The summed E-state index contributed by atoms with van der Waals surface area (Å²) in [7, 11) is 0. The highest BCUT2D eigenvalue weighted by atomic mass is 16.4. The molecule has 0 spiro atoms. The van der Waals surface area contributed by atoms with Gasteiger partial charge in [-0.15, -0.1) is 0 Å². The number of hydrogen-bond donors (Lipinski definition) is 3. The smallest absolute Gasteiger partial charge is 0.335 e. The zero-order valence-electron chi connectivity index (χ0n) is 12.1. The molecule has 2 aromatic rings. The minimum absolute atomic E-state index is 0.375. The van der Waals surface area contributed by atoms with Crippen molar-refractivity contribution in [3.8, 4) is 0 Å². The lowest BCUT2D eigenvalue weighted by Gasteiger charge is -2.40. The number of aromatic amines is 1. The molecule has 21 heavy (non-hydrogen) atoms. The van der Waals surface area contributed by atoms with Crippen LogP contribution in [0.25, 0.3) is 10.9 Å². The SMILES string of the molecule is C[C@H]1c2c([nH]c3ccc(C(=O)O)cc23)C[C@H]2CCNC[C@@H]21. The van der Waals surface area contributed by atoms with Crippen LogP contribution in [0.1, 0.15) is 40.9 Å². The van der Waals surface area contributed by atoms with Crippen LogP contribution in [0.15, 0.2) is 18.2 Å². The molecule has 1 aromatic heterocycles. The molecule has 1 aliphatic carbocycles. The number of nitrogens with one attached hydrogen (secondary N) is 2. The summed E-state index contributed by atoms with van der Waals surface area (Å²) in [6, 6.07) is 5.43. The van der Waals surface area contributed by atoms with E-state index in [9.17, 15) is 9.90 Å². The summed E-state index contributed by atoms with van der Waals surface area (Å²) in [5.74, 6) is 1.04. The van der Waals surface area contributed by atoms with Crippen molar-refractivity contribution in [3.05, 3.63) is 35.0 Å². The molecule has 0 radical (unpaired) electrons. The van der Waals surface area contributed by atoms with Crippen LogP contribution < -0.4 is 5.32 Å². The van der Waals surface area contributed by atoms with E-state index in [0.717, 1.165) is 36.3 Å². The first-order valence-corrected chi connectivity index (χ1v) is 7.73. The average molecular weight is 284 g/mol. The third-order valence-corrected chi connectivity index (χ3v) is 5.41. The van der Waals surface area contributed by atoms with Gasteiger partial charge >= 0.3 is 5.97 Å². The van der Waals surface area contributed by atoms with Crippen LogP contribution in [0.2, 0.25) is 0 Å². The lowest BCUT2D eigenvalue weighted by Crippen LogP contribution is -2.42. The summed E-state index contributed by atoms with van der Waals surface area (Å²) in [4.78, 5) is 14.8. The molecule has 0 bridgehead atoms. The molecule has 4 nitrogen and oxygen atoms in total. The highest BCUT2D eigenvalue weighted by molar-refractivity contribution is 5.95. The molecule has 1 aromatic carbocycles. The molecular weight excluding hydrogens is 264 g/mol. The van der Waals surface area contributed by atoms with Crippen molar-refractivity contribution in [1.82, 2.24) is 10.3 Å². The van der Waals surface area contributed by atoms with E-state index >= 15 is 0 Å². The largest absolute Gasteiger partial charge is 0.478 e. The van der Waals surface area contributed by atoms with Gasteiger partial charge in [0.15, 0.2) is 0 Å². The maximum absolute atomic E-state index is 11.2. The lowest BCUT2D eigenvalue weighted by molar-refractivity contribution is 0.0697. The molecule has 2 aliphatic rings. The van der Waals surface area contributed by atoms with Crippen molar-refractivity contribution >= 4 is 16.9 Å². The highest BCUT2D eigenvalue weighted by Gasteiger charge is 2.37. The number of carboxylic acids is 1. The average Bonchev–Trinajstić information content (AvgIpc) is 2.84. The van der Waals surface area contributed by atoms with Gasteiger partial charge in [-0.3, -0.25) is 0 Å². The Balaban J connectivity index is 1.87. The summed E-state index contributed by atoms with van der Waals surface area (Å²) in [6.07, 6.45) is 2.34. The number of benzene rings is 1. The Bertz CT molecular complexity index is 719. The van der Waals surface area contributed by atoms with Gasteiger partial charge in [-0.25, -0.2) is 4.79 Å². The van der Waals surface area contributed by atoms with Gasteiger partial charge in [0.1, 0.15) is 0 Å². The molecule has 3 N–H and O–H groups in total. The fraction of sp³-hybridized carbons (Fsp3) is 0.471. The second-order valence-corrected chi connectivity index (χ2v) is 6.49. The van der Waals surface area contributed by atoms with Crippen molar-refractivity contribution in [2.45, 2.75) is 25.7 Å². The van der Waals surface area contributed by atoms with E-state index in [1.54, 1.807) is 6.07 Å². The van der Waals surface area contributed by atoms with Gasteiger partial charge < -0.3 is 15.4 Å². The van der Waals surface area contributed by atoms with E-state index in [2.05, 4.69) is 17.2 Å². The van der Waals surface area contributed by atoms with Crippen LogP contribution in [0.5, 0.6) is 0 Å². The molecule has 0 unspecified atom stereocenters. The third-order valence-electron chi connectivity index (χ3n) is 5.41. The normalized spacial score (nSPS) is 28.1. The number of carbonyl (C=O) groups is 1. The van der Waals surface area contributed by atoms with Gasteiger partial charge in [-0.1, -0.05) is 6.92 Å². The molecule has 4 rings (SSSR count). The molecule has 1 aliphatic heterocycles. The first-order chi connectivity index (χ1) is 10.1. The first kappa shape index (κ1) is 12.9. The summed E-state index contributed by atoms with van der Waals surface area (Å²) >= 11 is 0.